The molecule has 3 heteroatoms. The van der Waals surface area contributed by atoms with Crippen LogP contribution in [0.5, 0.6) is 11.5 Å². The summed E-state index contributed by atoms with van der Waals surface area (Å²) in [6.45, 7) is 0. The Labute approximate surface area is 94.4 Å². The number of ketones is 1. The number of phenols is 1. The molecule has 1 aliphatic carbocycles. The third-order valence-electron chi connectivity index (χ3n) is 2.61. The Hall–Kier alpha value is -1.77. The second kappa shape index (κ2) is 4.39. The molecule has 0 bridgehead atoms. The van der Waals surface area contributed by atoms with Gasteiger partial charge in [-0.2, -0.15) is 0 Å². The number of rotatable bonds is 4. The van der Waals surface area contributed by atoms with Crippen molar-refractivity contribution in [1.82, 2.24) is 0 Å². The van der Waals surface area contributed by atoms with E-state index in [1.54, 1.807) is 18.2 Å². The van der Waals surface area contributed by atoms with E-state index in [4.69, 9.17) is 4.74 Å². The molecule has 84 valence electrons. The molecule has 1 N–H and O–H groups in total. The fourth-order valence-corrected chi connectivity index (χ4v) is 1.45. The van der Waals surface area contributed by atoms with Crippen molar-refractivity contribution >= 4 is 5.78 Å². The van der Waals surface area contributed by atoms with Gasteiger partial charge in [0.1, 0.15) is 11.5 Å². The second-order valence-corrected chi connectivity index (χ2v) is 3.94. The first kappa shape index (κ1) is 10.7. The topological polar surface area (TPSA) is 46.5 Å². The van der Waals surface area contributed by atoms with Gasteiger partial charge in [-0.3, -0.25) is 4.79 Å². The molecule has 1 aromatic rings. The molecule has 0 heterocycles. The Bertz CT molecular complexity index is 431. The number of phenolic OH excluding ortho intramolecular Hbond substituents is 1. The molecule has 2 rings (SSSR count). The van der Waals surface area contributed by atoms with Crippen LogP contribution in [0.1, 0.15) is 23.2 Å². The number of ether oxygens (including phenoxy) is 1. The van der Waals surface area contributed by atoms with E-state index < -0.39 is 0 Å². The van der Waals surface area contributed by atoms with Gasteiger partial charge in [0.25, 0.3) is 0 Å². The van der Waals surface area contributed by atoms with Crippen molar-refractivity contribution in [2.24, 2.45) is 5.92 Å². The van der Waals surface area contributed by atoms with Crippen molar-refractivity contribution < 1.29 is 14.6 Å². The van der Waals surface area contributed by atoms with Crippen LogP contribution in [0.25, 0.3) is 0 Å². The standard InChI is InChI=1S/C13H14O3/c1-16-10-5-6-11(13(15)8-10)12(14)7-4-9-2-3-9/h4-9,15H,2-3H2,1H3. The van der Waals surface area contributed by atoms with E-state index in [1.807, 2.05) is 6.08 Å². The normalized spacial score (nSPS) is 15.3. The smallest absolute Gasteiger partial charge is 0.189 e. The predicted molar refractivity (Wildman–Crippen MR) is 60.9 cm³/mol. The van der Waals surface area contributed by atoms with Crippen LogP contribution in [0.2, 0.25) is 0 Å². The predicted octanol–water partition coefficient (Wildman–Crippen LogP) is 2.55. The molecule has 3 nitrogen and oxygen atoms in total. The van der Waals surface area contributed by atoms with Gasteiger partial charge in [-0.1, -0.05) is 6.08 Å². The monoisotopic (exact) mass is 218 g/mol. The maximum atomic E-state index is 11.7. The zero-order valence-electron chi connectivity index (χ0n) is 9.14. The third kappa shape index (κ3) is 2.42. The number of aromatic hydroxyl groups is 1. The lowest BCUT2D eigenvalue weighted by Gasteiger charge is -2.03. The van der Waals surface area contributed by atoms with E-state index in [0.717, 1.165) is 0 Å². The van der Waals surface area contributed by atoms with E-state index in [9.17, 15) is 9.90 Å². The summed E-state index contributed by atoms with van der Waals surface area (Å²) >= 11 is 0. The molecule has 0 radical (unpaired) electrons. The van der Waals surface area contributed by atoms with Gasteiger partial charge in [-0.05, 0) is 37.0 Å². The largest absolute Gasteiger partial charge is 0.507 e. The first-order valence-electron chi connectivity index (χ1n) is 5.30. The Morgan fingerprint density at radius 2 is 2.25 bits per heavy atom. The molecular weight excluding hydrogens is 204 g/mol. The average molecular weight is 218 g/mol. The second-order valence-electron chi connectivity index (χ2n) is 3.94. The molecule has 0 amide bonds. The van der Waals surface area contributed by atoms with Crippen molar-refractivity contribution in [3.63, 3.8) is 0 Å². The highest BCUT2D eigenvalue weighted by Gasteiger charge is 2.18. The van der Waals surface area contributed by atoms with Crippen LogP contribution < -0.4 is 4.74 Å². The van der Waals surface area contributed by atoms with Gasteiger partial charge in [0.2, 0.25) is 0 Å². The molecule has 0 atom stereocenters. The Morgan fingerprint density at radius 3 is 2.81 bits per heavy atom. The van der Waals surface area contributed by atoms with Gasteiger partial charge >= 0.3 is 0 Å². The highest BCUT2D eigenvalue weighted by molar-refractivity contribution is 6.06. The maximum absolute atomic E-state index is 11.7. The zero-order chi connectivity index (χ0) is 11.5. The fourth-order valence-electron chi connectivity index (χ4n) is 1.45. The Balaban J connectivity index is 2.15. The average Bonchev–Trinajstić information content (AvgIpc) is 3.09. The number of allylic oxidation sites excluding steroid dienone is 2. The minimum Gasteiger partial charge on any atom is -0.507 e. The fraction of sp³-hybridized carbons (Fsp3) is 0.308. The molecular formula is C13H14O3. The van der Waals surface area contributed by atoms with E-state index in [-0.39, 0.29) is 11.5 Å². The maximum Gasteiger partial charge on any atom is 0.189 e. The van der Waals surface area contributed by atoms with Crippen molar-refractivity contribution in [3.8, 4) is 11.5 Å². The third-order valence-corrected chi connectivity index (χ3v) is 2.61. The summed E-state index contributed by atoms with van der Waals surface area (Å²) in [5.74, 6) is 0.904. The van der Waals surface area contributed by atoms with E-state index in [1.165, 1.54) is 26.0 Å². The molecule has 1 fully saturated rings. The molecule has 0 spiro atoms. The van der Waals surface area contributed by atoms with Crippen molar-refractivity contribution in [2.75, 3.05) is 7.11 Å². The van der Waals surface area contributed by atoms with Crippen LogP contribution in [-0.4, -0.2) is 18.0 Å². The van der Waals surface area contributed by atoms with Crippen molar-refractivity contribution in [2.45, 2.75) is 12.8 Å². The summed E-state index contributed by atoms with van der Waals surface area (Å²) in [5.41, 5.74) is 0.317. The number of carbonyl (C=O) groups excluding carboxylic acids is 1. The van der Waals surface area contributed by atoms with Crippen LogP contribution in [0, 0.1) is 5.92 Å². The summed E-state index contributed by atoms with van der Waals surface area (Å²) in [7, 11) is 1.52. The molecule has 1 aliphatic rings. The zero-order valence-corrected chi connectivity index (χ0v) is 9.14. The molecule has 0 aliphatic heterocycles. The number of carbonyl (C=O) groups is 1. The van der Waals surface area contributed by atoms with Gasteiger partial charge < -0.3 is 9.84 Å². The molecule has 1 aromatic carbocycles. The molecule has 16 heavy (non-hydrogen) atoms. The summed E-state index contributed by atoms with van der Waals surface area (Å²) in [6.07, 6.45) is 5.78. The van der Waals surface area contributed by atoms with Gasteiger partial charge in [0.05, 0.1) is 12.7 Å². The summed E-state index contributed by atoms with van der Waals surface area (Å²) in [5, 5.41) is 9.64. The Kier molecular flexibility index (Phi) is 2.95. The van der Waals surface area contributed by atoms with Gasteiger partial charge in [0.15, 0.2) is 5.78 Å². The molecule has 1 saturated carbocycles. The van der Waals surface area contributed by atoms with E-state index in [0.29, 0.717) is 17.2 Å². The molecule has 0 aromatic heterocycles. The van der Waals surface area contributed by atoms with Crippen molar-refractivity contribution in [1.29, 1.82) is 0 Å². The number of hydrogen-bond donors (Lipinski definition) is 1. The number of hydrogen-bond acceptors (Lipinski definition) is 3. The summed E-state index contributed by atoms with van der Waals surface area (Å²) < 4.78 is 4.95. The van der Waals surface area contributed by atoms with Crippen LogP contribution >= 0.6 is 0 Å². The highest BCUT2D eigenvalue weighted by Crippen LogP contribution is 2.30. The van der Waals surface area contributed by atoms with Crippen LogP contribution in [-0.2, 0) is 0 Å². The summed E-state index contributed by atoms with van der Waals surface area (Å²) in [6, 6.07) is 4.68. The van der Waals surface area contributed by atoms with Crippen molar-refractivity contribution in [3.05, 3.63) is 35.9 Å². The minimum absolute atomic E-state index is 0.0372. The lowest BCUT2D eigenvalue weighted by molar-refractivity contribution is 0.104. The van der Waals surface area contributed by atoms with Gasteiger partial charge in [-0.25, -0.2) is 0 Å². The van der Waals surface area contributed by atoms with Crippen LogP contribution in [0.15, 0.2) is 30.4 Å². The quantitative estimate of drug-likeness (QED) is 0.624. The van der Waals surface area contributed by atoms with Gasteiger partial charge in [0, 0.05) is 6.07 Å². The van der Waals surface area contributed by atoms with E-state index in [2.05, 4.69) is 0 Å². The Morgan fingerprint density at radius 1 is 1.50 bits per heavy atom. The number of methoxy groups -OCH3 is 1. The first-order chi connectivity index (χ1) is 7.70. The van der Waals surface area contributed by atoms with Crippen LogP contribution in [0.3, 0.4) is 0 Å². The van der Waals surface area contributed by atoms with Gasteiger partial charge in [-0.15, -0.1) is 0 Å². The lowest BCUT2D eigenvalue weighted by atomic mass is 10.1. The van der Waals surface area contributed by atoms with Crippen LogP contribution in [0.4, 0.5) is 0 Å². The SMILES string of the molecule is COc1ccc(C(=O)C=CC2CC2)c(O)c1. The first-order valence-corrected chi connectivity index (χ1v) is 5.30. The molecule has 0 unspecified atom stereocenters. The minimum atomic E-state index is -0.160. The number of benzene rings is 1. The van der Waals surface area contributed by atoms with E-state index >= 15 is 0 Å². The summed E-state index contributed by atoms with van der Waals surface area (Å²) in [4.78, 5) is 11.7. The highest BCUT2D eigenvalue weighted by atomic mass is 16.5. The lowest BCUT2D eigenvalue weighted by Crippen LogP contribution is -1.95. The molecule has 0 saturated heterocycles.